The molecule has 1 atom stereocenters. The molecule has 0 aliphatic rings. The SMILES string of the molecule is CC(N)c1ncn(Cc2ccn(C)n2)n1. The number of aryl methyl sites for hydroxylation is 1. The van der Waals surface area contributed by atoms with E-state index in [9.17, 15) is 0 Å². The normalized spacial score (nSPS) is 13.0. The molecule has 0 spiro atoms. The lowest BCUT2D eigenvalue weighted by Gasteiger charge is -1.97. The third-order valence-corrected chi connectivity index (χ3v) is 2.05. The minimum atomic E-state index is -0.130. The number of rotatable bonds is 3. The average molecular weight is 206 g/mol. The number of hydrogen-bond acceptors (Lipinski definition) is 4. The van der Waals surface area contributed by atoms with Crippen LogP contribution in [0.3, 0.4) is 0 Å². The molecule has 0 fully saturated rings. The standard InChI is InChI=1S/C9H14N6/c1-7(10)9-11-6-15(13-9)5-8-3-4-14(2)12-8/h3-4,6-7H,5,10H2,1-2H3. The first kappa shape index (κ1) is 9.85. The topological polar surface area (TPSA) is 74.5 Å². The maximum Gasteiger partial charge on any atom is 0.166 e. The lowest BCUT2D eigenvalue weighted by molar-refractivity contribution is 0.627. The van der Waals surface area contributed by atoms with Crippen molar-refractivity contribution in [2.45, 2.75) is 19.5 Å². The smallest absolute Gasteiger partial charge is 0.166 e. The van der Waals surface area contributed by atoms with Crippen molar-refractivity contribution in [1.82, 2.24) is 24.5 Å². The predicted octanol–water partition coefficient (Wildman–Crippen LogP) is 0.0796. The van der Waals surface area contributed by atoms with Gasteiger partial charge in [-0.05, 0) is 13.0 Å². The first-order valence-electron chi connectivity index (χ1n) is 4.78. The summed E-state index contributed by atoms with van der Waals surface area (Å²) >= 11 is 0. The minimum Gasteiger partial charge on any atom is -0.321 e. The van der Waals surface area contributed by atoms with Gasteiger partial charge in [-0.3, -0.25) is 4.68 Å². The van der Waals surface area contributed by atoms with E-state index in [2.05, 4.69) is 15.2 Å². The largest absolute Gasteiger partial charge is 0.321 e. The molecule has 0 saturated heterocycles. The molecule has 0 aromatic carbocycles. The Hall–Kier alpha value is -1.69. The van der Waals surface area contributed by atoms with Gasteiger partial charge in [-0.2, -0.15) is 10.2 Å². The molecule has 1 unspecified atom stereocenters. The summed E-state index contributed by atoms with van der Waals surface area (Å²) in [4.78, 5) is 4.11. The van der Waals surface area contributed by atoms with E-state index >= 15 is 0 Å². The molecule has 2 rings (SSSR count). The van der Waals surface area contributed by atoms with Crippen LogP contribution in [0.2, 0.25) is 0 Å². The van der Waals surface area contributed by atoms with E-state index in [0.717, 1.165) is 5.69 Å². The third-order valence-electron chi connectivity index (χ3n) is 2.05. The maximum atomic E-state index is 5.67. The van der Waals surface area contributed by atoms with Gasteiger partial charge in [-0.15, -0.1) is 0 Å². The first-order valence-corrected chi connectivity index (χ1v) is 4.78. The van der Waals surface area contributed by atoms with Crippen molar-refractivity contribution in [3.8, 4) is 0 Å². The van der Waals surface area contributed by atoms with Crippen molar-refractivity contribution in [1.29, 1.82) is 0 Å². The summed E-state index contributed by atoms with van der Waals surface area (Å²) in [6, 6.07) is 1.82. The van der Waals surface area contributed by atoms with Crippen molar-refractivity contribution in [2.24, 2.45) is 12.8 Å². The van der Waals surface area contributed by atoms with Crippen LogP contribution in [-0.4, -0.2) is 24.5 Å². The van der Waals surface area contributed by atoms with Crippen molar-refractivity contribution in [3.05, 3.63) is 30.1 Å². The van der Waals surface area contributed by atoms with E-state index in [4.69, 9.17) is 5.73 Å². The van der Waals surface area contributed by atoms with Crippen LogP contribution in [0.4, 0.5) is 0 Å². The van der Waals surface area contributed by atoms with E-state index < -0.39 is 0 Å². The van der Waals surface area contributed by atoms with E-state index in [1.165, 1.54) is 0 Å². The Morgan fingerprint density at radius 3 is 2.80 bits per heavy atom. The van der Waals surface area contributed by atoms with Crippen LogP contribution in [0.1, 0.15) is 24.5 Å². The fourth-order valence-corrected chi connectivity index (χ4v) is 1.31. The van der Waals surface area contributed by atoms with E-state index in [0.29, 0.717) is 12.4 Å². The summed E-state index contributed by atoms with van der Waals surface area (Å²) in [5, 5.41) is 8.50. The first-order chi connectivity index (χ1) is 7.15. The van der Waals surface area contributed by atoms with Gasteiger partial charge in [0.15, 0.2) is 5.82 Å². The molecule has 0 saturated carbocycles. The second-order valence-electron chi connectivity index (χ2n) is 3.57. The number of nitrogens with zero attached hydrogens (tertiary/aromatic N) is 5. The van der Waals surface area contributed by atoms with Crippen LogP contribution >= 0.6 is 0 Å². The van der Waals surface area contributed by atoms with E-state index in [1.807, 2.05) is 26.2 Å². The molecule has 0 amide bonds. The fourth-order valence-electron chi connectivity index (χ4n) is 1.31. The molecule has 2 aromatic rings. The average Bonchev–Trinajstić information content (AvgIpc) is 2.76. The van der Waals surface area contributed by atoms with Crippen LogP contribution < -0.4 is 5.73 Å². The molecule has 0 radical (unpaired) electrons. The van der Waals surface area contributed by atoms with Gasteiger partial charge in [0.1, 0.15) is 6.33 Å². The number of hydrogen-bond donors (Lipinski definition) is 1. The molecular weight excluding hydrogens is 192 g/mol. The zero-order valence-corrected chi connectivity index (χ0v) is 8.83. The van der Waals surface area contributed by atoms with Gasteiger partial charge >= 0.3 is 0 Å². The van der Waals surface area contributed by atoms with Gasteiger partial charge < -0.3 is 5.73 Å². The molecule has 2 heterocycles. The lowest BCUT2D eigenvalue weighted by atomic mass is 10.3. The van der Waals surface area contributed by atoms with E-state index in [-0.39, 0.29) is 6.04 Å². The van der Waals surface area contributed by atoms with Crippen LogP contribution in [0.5, 0.6) is 0 Å². The lowest BCUT2D eigenvalue weighted by Crippen LogP contribution is -2.09. The molecule has 6 nitrogen and oxygen atoms in total. The quantitative estimate of drug-likeness (QED) is 0.771. The van der Waals surface area contributed by atoms with Crippen LogP contribution in [0.15, 0.2) is 18.6 Å². The van der Waals surface area contributed by atoms with Gasteiger partial charge in [0, 0.05) is 13.2 Å². The van der Waals surface area contributed by atoms with Gasteiger partial charge in [0.2, 0.25) is 0 Å². The summed E-state index contributed by atoms with van der Waals surface area (Å²) < 4.78 is 3.50. The van der Waals surface area contributed by atoms with Gasteiger partial charge in [0.05, 0.1) is 18.3 Å². The summed E-state index contributed by atoms with van der Waals surface area (Å²) in [6.07, 6.45) is 3.58. The molecule has 80 valence electrons. The monoisotopic (exact) mass is 206 g/mol. The Morgan fingerprint density at radius 2 is 2.27 bits per heavy atom. The van der Waals surface area contributed by atoms with Gasteiger partial charge in [-0.25, -0.2) is 9.67 Å². The van der Waals surface area contributed by atoms with Gasteiger partial charge in [0.25, 0.3) is 0 Å². The number of nitrogens with two attached hydrogens (primary N) is 1. The highest BCUT2D eigenvalue weighted by Gasteiger charge is 2.06. The van der Waals surface area contributed by atoms with Crippen LogP contribution in [0, 0.1) is 0 Å². The maximum absolute atomic E-state index is 5.67. The van der Waals surface area contributed by atoms with Gasteiger partial charge in [-0.1, -0.05) is 0 Å². The van der Waals surface area contributed by atoms with Crippen molar-refractivity contribution >= 4 is 0 Å². The number of aromatic nitrogens is 5. The molecule has 2 aromatic heterocycles. The molecule has 0 bridgehead atoms. The molecule has 6 heteroatoms. The Kier molecular flexibility index (Phi) is 2.51. The summed E-state index contributed by atoms with van der Waals surface area (Å²) in [6.45, 7) is 2.49. The highest BCUT2D eigenvalue weighted by Crippen LogP contribution is 2.03. The summed E-state index contributed by atoms with van der Waals surface area (Å²) in [5.74, 6) is 0.658. The Labute approximate surface area is 87.7 Å². The Balaban J connectivity index is 2.11. The molecule has 0 aliphatic carbocycles. The van der Waals surface area contributed by atoms with Crippen molar-refractivity contribution in [2.75, 3.05) is 0 Å². The summed E-state index contributed by atoms with van der Waals surface area (Å²) in [7, 11) is 1.89. The molecule has 15 heavy (non-hydrogen) atoms. The Bertz CT molecular complexity index is 441. The van der Waals surface area contributed by atoms with Crippen LogP contribution in [0.25, 0.3) is 0 Å². The Morgan fingerprint density at radius 1 is 1.47 bits per heavy atom. The minimum absolute atomic E-state index is 0.130. The highest BCUT2D eigenvalue weighted by molar-refractivity contribution is 4.99. The van der Waals surface area contributed by atoms with Crippen molar-refractivity contribution in [3.63, 3.8) is 0 Å². The highest BCUT2D eigenvalue weighted by atomic mass is 15.3. The fraction of sp³-hybridized carbons (Fsp3) is 0.444. The molecule has 2 N–H and O–H groups in total. The second kappa shape index (κ2) is 3.82. The predicted molar refractivity (Wildman–Crippen MR) is 54.9 cm³/mol. The van der Waals surface area contributed by atoms with E-state index in [1.54, 1.807) is 15.7 Å². The van der Waals surface area contributed by atoms with Crippen LogP contribution in [-0.2, 0) is 13.6 Å². The zero-order chi connectivity index (χ0) is 10.8. The summed E-state index contributed by atoms with van der Waals surface area (Å²) in [5.41, 5.74) is 6.62. The molecule has 0 aliphatic heterocycles. The zero-order valence-electron chi connectivity index (χ0n) is 8.83. The van der Waals surface area contributed by atoms with Crippen molar-refractivity contribution < 1.29 is 0 Å². The molecular formula is C9H14N6. The third kappa shape index (κ3) is 2.21. The second-order valence-corrected chi connectivity index (χ2v) is 3.57.